The maximum absolute atomic E-state index is 9.00. The van der Waals surface area contributed by atoms with Crippen LogP contribution in [-0.4, -0.2) is 10.8 Å². The Morgan fingerprint density at radius 3 is 2.76 bits per heavy atom. The maximum Gasteiger partial charge on any atom is 0.143 e. The molecule has 0 saturated carbocycles. The predicted octanol–water partition coefficient (Wildman–Crippen LogP) is 3.55. The summed E-state index contributed by atoms with van der Waals surface area (Å²) in [4.78, 5) is 5.31. The standard InChI is InChI=1S/C17H19N3O/c1-4-20-13(2)9-17(14(20)3)11-19-21-12-16-8-6-5-7-15(16)10-18/h5-9,11H,4,12H2,1-3H3/b19-11-. The number of aryl methyl sites for hydroxylation is 1. The highest BCUT2D eigenvalue weighted by molar-refractivity contribution is 5.81. The van der Waals surface area contributed by atoms with Gasteiger partial charge in [0.1, 0.15) is 6.61 Å². The number of nitrogens with zero attached hydrogens (tertiary/aromatic N) is 3. The van der Waals surface area contributed by atoms with E-state index in [2.05, 4.69) is 42.6 Å². The van der Waals surface area contributed by atoms with Gasteiger partial charge in [0.05, 0.1) is 17.8 Å². The lowest BCUT2D eigenvalue weighted by atomic mass is 10.1. The van der Waals surface area contributed by atoms with E-state index < -0.39 is 0 Å². The van der Waals surface area contributed by atoms with Crippen LogP contribution < -0.4 is 0 Å². The summed E-state index contributed by atoms with van der Waals surface area (Å²) in [5.41, 5.74) is 4.92. The fraction of sp³-hybridized carbons (Fsp3) is 0.294. The minimum atomic E-state index is 0.298. The summed E-state index contributed by atoms with van der Waals surface area (Å²) in [6, 6.07) is 11.6. The summed E-state index contributed by atoms with van der Waals surface area (Å²) < 4.78 is 2.23. The van der Waals surface area contributed by atoms with E-state index in [0.717, 1.165) is 17.7 Å². The average molecular weight is 281 g/mol. The highest BCUT2D eigenvalue weighted by Crippen LogP contribution is 2.13. The third-order valence-corrected chi connectivity index (χ3v) is 3.55. The number of hydrogen-bond acceptors (Lipinski definition) is 3. The van der Waals surface area contributed by atoms with Gasteiger partial charge < -0.3 is 9.40 Å². The molecule has 0 bridgehead atoms. The molecule has 0 atom stereocenters. The molecule has 1 aromatic carbocycles. The van der Waals surface area contributed by atoms with Crippen LogP contribution >= 0.6 is 0 Å². The molecule has 21 heavy (non-hydrogen) atoms. The molecule has 0 saturated heterocycles. The highest BCUT2D eigenvalue weighted by atomic mass is 16.6. The summed E-state index contributed by atoms with van der Waals surface area (Å²) >= 11 is 0. The second-order valence-electron chi connectivity index (χ2n) is 4.85. The molecule has 0 aliphatic heterocycles. The summed E-state index contributed by atoms with van der Waals surface area (Å²) in [5, 5.41) is 13.0. The summed E-state index contributed by atoms with van der Waals surface area (Å²) in [6.45, 7) is 7.52. The van der Waals surface area contributed by atoms with Gasteiger partial charge in [0.15, 0.2) is 0 Å². The van der Waals surface area contributed by atoms with Crippen molar-refractivity contribution >= 4 is 6.21 Å². The fourth-order valence-corrected chi connectivity index (χ4v) is 2.40. The normalized spacial score (nSPS) is 10.8. The Kier molecular flexibility index (Phi) is 4.78. The first-order valence-electron chi connectivity index (χ1n) is 6.97. The Morgan fingerprint density at radius 1 is 1.33 bits per heavy atom. The maximum atomic E-state index is 9.00. The number of hydrogen-bond donors (Lipinski definition) is 0. The first-order valence-corrected chi connectivity index (χ1v) is 6.97. The van der Waals surface area contributed by atoms with Crippen molar-refractivity contribution in [2.45, 2.75) is 33.9 Å². The molecule has 0 N–H and O–H groups in total. The molecule has 4 heteroatoms. The molecule has 0 aliphatic carbocycles. The molecular weight excluding hydrogens is 262 g/mol. The average Bonchev–Trinajstić information content (AvgIpc) is 2.77. The van der Waals surface area contributed by atoms with Crippen molar-refractivity contribution in [2.75, 3.05) is 0 Å². The zero-order chi connectivity index (χ0) is 15.2. The first kappa shape index (κ1) is 14.9. The Balaban J connectivity index is 2.02. The van der Waals surface area contributed by atoms with Gasteiger partial charge in [-0.3, -0.25) is 0 Å². The van der Waals surface area contributed by atoms with Gasteiger partial charge in [-0.05, 0) is 32.9 Å². The van der Waals surface area contributed by atoms with E-state index in [1.165, 1.54) is 11.4 Å². The van der Waals surface area contributed by atoms with Crippen LogP contribution in [0.25, 0.3) is 0 Å². The number of benzene rings is 1. The Bertz CT molecular complexity index is 693. The van der Waals surface area contributed by atoms with Gasteiger partial charge >= 0.3 is 0 Å². The van der Waals surface area contributed by atoms with E-state index in [1.54, 1.807) is 12.3 Å². The Labute approximate surface area is 125 Å². The largest absolute Gasteiger partial charge is 0.391 e. The Morgan fingerprint density at radius 2 is 2.10 bits per heavy atom. The lowest BCUT2D eigenvalue weighted by Gasteiger charge is -2.04. The van der Waals surface area contributed by atoms with Crippen molar-refractivity contribution in [1.29, 1.82) is 5.26 Å². The van der Waals surface area contributed by atoms with E-state index >= 15 is 0 Å². The van der Waals surface area contributed by atoms with Crippen LogP contribution in [0.15, 0.2) is 35.5 Å². The van der Waals surface area contributed by atoms with Gasteiger partial charge in [-0.2, -0.15) is 5.26 Å². The molecular formula is C17H19N3O. The molecule has 4 nitrogen and oxygen atoms in total. The lowest BCUT2D eigenvalue weighted by Crippen LogP contribution is -1.99. The van der Waals surface area contributed by atoms with E-state index in [1.807, 2.05) is 18.2 Å². The molecule has 1 aromatic heterocycles. The quantitative estimate of drug-likeness (QED) is 0.621. The number of oxime groups is 1. The van der Waals surface area contributed by atoms with Crippen molar-refractivity contribution in [3.63, 3.8) is 0 Å². The molecule has 108 valence electrons. The molecule has 0 amide bonds. The van der Waals surface area contributed by atoms with Crippen LogP contribution in [0.1, 0.15) is 35.0 Å². The Hall–Kier alpha value is -2.54. The van der Waals surface area contributed by atoms with E-state index in [4.69, 9.17) is 10.1 Å². The number of aromatic nitrogens is 1. The fourth-order valence-electron chi connectivity index (χ4n) is 2.40. The third-order valence-electron chi connectivity index (χ3n) is 3.55. The van der Waals surface area contributed by atoms with Crippen LogP contribution in [0, 0.1) is 25.2 Å². The first-order chi connectivity index (χ1) is 10.2. The lowest BCUT2D eigenvalue weighted by molar-refractivity contribution is 0.132. The van der Waals surface area contributed by atoms with E-state index in [0.29, 0.717) is 12.2 Å². The van der Waals surface area contributed by atoms with Gasteiger partial charge in [-0.25, -0.2) is 0 Å². The zero-order valence-electron chi connectivity index (χ0n) is 12.6. The number of nitriles is 1. The minimum absolute atomic E-state index is 0.298. The molecule has 1 heterocycles. The smallest absolute Gasteiger partial charge is 0.143 e. The third kappa shape index (κ3) is 3.32. The van der Waals surface area contributed by atoms with Crippen molar-refractivity contribution < 1.29 is 4.84 Å². The van der Waals surface area contributed by atoms with Crippen molar-refractivity contribution in [1.82, 2.24) is 4.57 Å². The molecule has 0 radical (unpaired) electrons. The van der Waals surface area contributed by atoms with Gasteiger partial charge in [0, 0.05) is 29.1 Å². The van der Waals surface area contributed by atoms with Crippen LogP contribution in [0.3, 0.4) is 0 Å². The topological polar surface area (TPSA) is 50.3 Å². The van der Waals surface area contributed by atoms with Crippen LogP contribution in [-0.2, 0) is 18.0 Å². The number of rotatable bonds is 5. The predicted molar refractivity (Wildman–Crippen MR) is 83.1 cm³/mol. The minimum Gasteiger partial charge on any atom is -0.391 e. The monoisotopic (exact) mass is 281 g/mol. The summed E-state index contributed by atoms with van der Waals surface area (Å²) in [7, 11) is 0. The second-order valence-corrected chi connectivity index (χ2v) is 4.85. The highest BCUT2D eigenvalue weighted by Gasteiger charge is 2.05. The van der Waals surface area contributed by atoms with E-state index in [9.17, 15) is 0 Å². The molecule has 0 aliphatic rings. The second kappa shape index (κ2) is 6.76. The molecule has 0 spiro atoms. The van der Waals surface area contributed by atoms with Crippen molar-refractivity contribution in [2.24, 2.45) is 5.16 Å². The van der Waals surface area contributed by atoms with Gasteiger partial charge in [0.25, 0.3) is 0 Å². The van der Waals surface area contributed by atoms with Gasteiger partial charge in [0.2, 0.25) is 0 Å². The van der Waals surface area contributed by atoms with Crippen molar-refractivity contribution in [3.8, 4) is 6.07 Å². The van der Waals surface area contributed by atoms with Crippen LogP contribution in [0.5, 0.6) is 0 Å². The molecule has 2 aromatic rings. The van der Waals surface area contributed by atoms with E-state index in [-0.39, 0.29) is 0 Å². The van der Waals surface area contributed by atoms with Gasteiger partial charge in [-0.15, -0.1) is 0 Å². The SMILES string of the molecule is CCn1c(C)cc(/C=N\OCc2ccccc2C#N)c1C. The van der Waals surface area contributed by atoms with Gasteiger partial charge in [-0.1, -0.05) is 23.4 Å². The molecule has 0 fully saturated rings. The summed E-state index contributed by atoms with van der Waals surface area (Å²) in [5.74, 6) is 0. The summed E-state index contributed by atoms with van der Waals surface area (Å²) in [6.07, 6.45) is 1.73. The van der Waals surface area contributed by atoms with Crippen molar-refractivity contribution in [3.05, 3.63) is 58.4 Å². The van der Waals surface area contributed by atoms with Crippen LogP contribution in [0.2, 0.25) is 0 Å². The zero-order valence-corrected chi connectivity index (χ0v) is 12.6. The van der Waals surface area contributed by atoms with Crippen LogP contribution in [0.4, 0.5) is 0 Å². The molecule has 2 rings (SSSR count). The molecule has 0 unspecified atom stereocenters.